The largest absolute Gasteiger partial charge is 0.488 e. The van der Waals surface area contributed by atoms with Gasteiger partial charge in [-0.1, -0.05) is 6.92 Å². The number of nitrogens with zero attached hydrogens (tertiary/aromatic N) is 1. The third-order valence-electron chi connectivity index (χ3n) is 3.17. The third kappa shape index (κ3) is 4.75. The Hall–Kier alpha value is -1.22. The van der Waals surface area contributed by atoms with E-state index >= 15 is 0 Å². The van der Waals surface area contributed by atoms with Crippen LogP contribution in [-0.2, 0) is 0 Å². The van der Waals surface area contributed by atoms with Crippen LogP contribution >= 0.6 is 0 Å². The van der Waals surface area contributed by atoms with E-state index in [1.165, 1.54) is 6.42 Å². The Morgan fingerprint density at radius 1 is 1.16 bits per heavy atom. The van der Waals surface area contributed by atoms with Crippen molar-refractivity contribution in [1.82, 2.24) is 4.90 Å². The minimum atomic E-state index is -0.159. The molecule has 1 aromatic carbocycles. The van der Waals surface area contributed by atoms with E-state index in [2.05, 4.69) is 11.8 Å². The van der Waals surface area contributed by atoms with Gasteiger partial charge < -0.3 is 9.47 Å². The summed E-state index contributed by atoms with van der Waals surface area (Å²) < 4.78 is 11.6. The molecule has 0 bridgehead atoms. The smallest absolute Gasteiger partial charge is 0.142 e. The summed E-state index contributed by atoms with van der Waals surface area (Å²) in [5.41, 5.74) is -0.159. The molecule has 1 unspecified atom stereocenters. The molecule has 1 heterocycles. The van der Waals surface area contributed by atoms with Crippen LogP contribution < -0.4 is 9.47 Å². The second-order valence-corrected chi connectivity index (χ2v) is 6.43. The van der Waals surface area contributed by atoms with E-state index in [0.29, 0.717) is 6.73 Å². The molecule has 1 saturated heterocycles. The monoisotopic (exact) mass is 263 g/mol. The summed E-state index contributed by atoms with van der Waals surface area (Å²) in [4.78, 5) is 2.35. The van der Waals surface area contributed by atoms with Gasteiger partial charge in [0.05, 0.1) is 0 Å². The highest BCUT2D eigenvalue weighted by atomic mass is 16.5. The van der Waals surface area contributed by atoms with Gasteiger partial charge in [0, 0.05) is 13.1 Å². The lowest BCUT2D eigenvalue weighted by atomic mass is 10.2. The fraction of sp³-hybridized carbons (Fsp3) is 0.625. The van der Waals surface area contributed by atoms with E-state index in [4.69, 9.17) is 9.47 Å². The van der Waals surface area contributed by atoms with E-state index in [0.717, 1.165) is 30.5 Å². The lowest BCUT2D eigenvalue weighted by molar-refractivity contribution is 0.130. The first kappa shape index (κ1) is 14.2. The molecule has 3 nitrogen and oxygen atoms in total. The van der Waals surface area contributed by atoms with Gasteiger partial charge in [0.15, 0.2) is 0 Å². The van der Waals surface area contributed by atoms with Gasteiger partial charge in [-0.3, -0.25) is 4.90 Å². The minimum absolute atomic E-state index is 0.159. The molecule has 0 spiro atoms. The second kappa shape index (κ2) is 5.83. The van der Waals surface area contributed by atoms with E-state index in [-0.39, 0.29) is 5.60 Å². The van der Waals surface area contributed by atoms with E-state index in [9.17, 15) is 0 Å². The summed E-state index contributed by atoms with van der Waals surface area (Å²) in [6.45, 7) is 11.4. The zero-order chi connectivity index (χ0) is 13.9. The summed E-state index contributed by atoms with van der Waals surface area (Å²) in [6.07, 6.45) is 1.28. The number of hydrogen-bond acceptors (Lipinski definition) is 3. The number of rotatable bonds is 4. The molecule has 0 saturated carbocycles. The molecule has 1 aromatic rings. The first-order valence-electron chi connectivity index (χ1n) is 7.06. The Bertz CT molecular complexity index is 394. The summed E-state index contributed by atoms with van der Waals surface area (Å²) >= 11 is 0. The van der Waals surface area contributed by atoms with Crippen LogP contribution in [0.5, 0.6) is 11.5 Å². The predicted molar refractivity (Wildman–Crippen MR) is 77.7 cm³/mol. The Kier molecular flexibility index (Phi) is 4.35. The number of ether oxygens (including phenoxy) is 2. The van der Waals surface area contributed by atoms with Crippen LogP contribution in [0.3, 0.4) is 0 Å². The maximum Gasteiger partial charge on any atom is 0.142 e. The van der Waals surface area contributed by atoms with E-state index < -0.39 is 0 Å². The SMILES string of the molecule is CC1CCN(COc2ccc(OC(C)(C)C)cc2)C1. The van der Waals surface area contributed by atoms with Gasteiger partial charge in [-0.2, -0.15) is 0 Å². The number of hydrogen-bond donors (Lipinski definition) is 0. The summed E-state index contributed by atoms with van der Waals surface area (Å²) in [5.74, 6) is 2.58. The Balaban J connectivity index is 1.82. The number of likely N-dealkylation sites (tertiary alicyclic amines) is 1. The molecule has 19 heavy (non-hydrogen) atoms. The fourth-order valence-corrected chi connectivity index (χ4v) is 2.27. The summed E-state index contributed by atoms with van der Waals surface area (Å²) in [7, 11) is 0. The zero-order valence-electron chi connectivity index (χ0n) is 12.5. The van der Waals surface area contributed by atoms with Gasteiger partial charge in [-0.15, -0.1) is 0 Å². The average Bonchev–Trinajstić information content (AvgIpc) is 2.72. The van der Waals surface area contributed by atoms with Crippen LogP contribution in [0.4, 0.5) is 0 Å². The predicted octanol–water partition coefficient (Wildman–Crippen LogP) is 3.54. The van der Waals surface area contributed by atoms with Gasteiger partial charge in [0.25, 0.3) is 0 Å². The molecule has 0 N–H and O–H groups in total. The molecule has 1 aliphatic heterocycles. The van der Waals surface area contributed by atoms with Crippen LogP contribution in [0.15, 0.2) is 24.3 Å². The molecule has 106 valence electrons. The molecule has 1 atom stereocenters. The molecule has 1 fully saturated rings. The lowest BCUT2D eigenvalue weighted by Gasteiger charge is -2.21. The van der Waals surface area contributed by atoms with Crippen LogP contribution in [0.1, 0.15) is 34.1 Å². The Labute approximate surface area is 116 Å². The van der Waals surface area contributed by atoms with Crippen molar-refractivity contribution >= 4 is 0 Å². The quantitative estimate of drug-likeness (QED) is 0.829. The van der Waals surface area contributed by atoms with Crippen LogP contribution in [0.2, 0.25) is 0 Å². The van der Waals surface area contributed by atoms with Crippen LogP contribution in [0, 0.1) is 5.92 Å². The second-order valence-electron chi connectivity index (χ2n) is 6.43. The van der Waals surface area contributed by atoms with Gasteiger partial charge in [-0.25, -0.2) is 0 Å². The molecule has 0 aromatic heterocycles. The van der Waals surface area contributed by atoms with Gasteiger partial charge >= 0.3 is 0 Å². The van der Waals surface area contributed by atoms with Crippen LogP contribution in [-0.4, -0.2) is 30.3 Å². The van der Waals surface area contributed by atoms with Crippen molar-refractivity contribution in [1.29, 1.82) is 0 Å². The molecule has 0 amide bonds. The van der Waals surface area contributed by atoms with Crippen molar-refractivity contribution in [2.45, 2.75) is 39.7 Å². The number of benzene rings is 1. The van der Waals surface area contributed by atoms with Crippen molar-refractivity contribution in [3.63, 3.8) is 0 Å². The normalized spacial score (nSPS) is 20.5. The highest BCUT2D eigenvalue weighted by Gasteiger charge is 2.18. The molecular weight excluding hydrogens is 238 g/mol. The maximum atomic E-state index is 5.79. The van der Waals surface area contributed by atoms with Gasteiger partial charge in [0.2, 0.25) is 0 Å². The van der Waals surface area contributed by atoms with Crippen molar-refractivity contribution in [2.75, 3.05) is 19.8 Å². The van der Waals surface area contributed by atoms with Crippen molar-refractivity contribution in [3.05, 3.63) is 24.3 Å². The summed E-state index contributed by atoms with van der Waals surface area (Å²) in [5, 5.41) is 0. The molecule has 0 aliphatic carbocycles. The topological polar surface area (TPSA) is 21.7 Å². The standard InChI is InChI=1S/C16H25NO2/c1-13-9-10-17(11-13)12-18-14-5-7-15(8-6-14)19-16(2,3)4/h5-8,13H,9-12H2,1-4H3. The molecule has 1 aliphatic rings. The molecular formula is C16H25NO2. The highest BCUT2D eigenvalue weighted by molar-refractivity contribution is 5.31. The third-order valence-corrected chi connectivity index (χ3v) is 3.17. The van der Waals surface area contributed by atoms with E-state index in [1.54, 1.807) is 0 Å². The summed E-state index contributed by atoms with van der Waals surface area (Å²) in [6, 6.07) is 7.88. The van der Waals surface area contributed by atoms with Crippen molar-refractivity contribution < 1.29 is 9.47 Å². The molecule has 3 heteroatoms. The Morgan fingerprint density at radius 2 is 1.79 bits per heavy atom. The zero-order valence-corrected chi connectivity index (χ0v) is 12.5. The van der Waals surface area contributed by atoms with Crippen LogP contribution in [0.25, 0.3) is 0 Å². The average molecular weight is 263 g/mol. The first-order valence-corrected chi connectivity index (χ1v) is 7.06. The van der Waals surface area contributed by atoms with Crippen molar-refractivity contribution in [3.8, 4) is 11.5 Å². The lowest BCUT2D eigenvalue weighted by Crippen LogP contribution is -2.25. The highest BCUT2D eigenvalue weighted by Crippen LogP contribution is 2.22. The molecule has 2 rings (SSSR count). The molecule has 0 radical (unpaired) electrons. The van der Waals surface area contributed by atoms with Gasteiger partial charge in [0.1, 0.15) is 23.8 Å². The van der Waals surface area contributed by atoms with E-state index in [1.807, 2.05) is 45.0 Å². The van der Waals surface area contributed by atoms with Crippen molar-refractivity contribution in [2.24, 2.45) is 5.92 Å². The Morgan fingerprint density at radius 3 is 2.32 bits per heavy atom. The van der Waals surface area contributed by atoms with Gasteiger partial charge in [-0.05, 0) is 57.4 Å². The first-order chi connectivity index (χ1) is 8.92. The fourth-order valence-electron chi connectivity index (χ4n) is 2.27. The minimum Gasteiger partial charge on any atom is -0.488 e. The maximum absolute atomic E-state index is 5.79.